The summed E-state index contributed by atoms with van der Waals surface area (Å²) in [5, 5.41) is 3.47. The molecule has 102 valence electrons. The van der Waals surface area contributed by atoms with Gasteiger partial charge in [-0.15, -0.1) is 0 Å². The highest BCUT2D eigenvalue weighted by Crippen LogP contribution is 2.24. The second-order valence-corrected chi connectivity index (χ2v) is 5.64. The highest BCUT2D eigenvalue weighted by molar-refractivity contribution is 5.29. The highest BCUT2D eigenvalue weighted by Gasteiger charge is 2.15. The van der Waals surface area contributed by atoms with Crippen molar-refractivity contribution in [1.82, 2.24) is 5.32 Å². The van der Waals surface area contributed by atoms with Crippen LogP contribution >= 0.6 is 0 Å². The molecule has 1 atom stereocenters. The second-order valence-electron chi connectivity index (χ2n) is 5.64. The van der Waals surface area contributed by atoms with Crippen molar-refractivity contribution in [2.75, 3.05) is 19.8 Å². The third-order valence-electron chi connectivity index (χ3n) is 3.12. The minimum Gasteiger partial charge on any atom is -0.380 e. The fourth-order valence-corrected chi connectivity index (χ4v) is 1.97. The van der Waals surface area contributed by atoms with Crippen molar-refractivity contribution in [1.29, 1.82) is 0 Å². The number of hydrogen-bond acceptors (Lipinski definition) is 2. The van der Waals surface area contributed by atoms with Crippen molar-refractivity contribution in [3.05, 3.63) is 35.4 Å². The van der Waals surface area contributed by atoms with Crippen LogP contribution in [0.15, 0.2) is 24.3 Å². The molecule has 1 aromatic carbocycles. The van der Waals surface area contributed by atoms with E-state index in [1.807, 2.05) is 6.92 Å². The summed E-state index contributed by atoms with van der Waals surface area (Å²) in [6.45, 7) is 13.3. The van der Waals surface area contributed by atoms with Gasteiger partial charge in [0.1, 0.15) is 0 Å². The lowest BCUT2D eigenvalue weighted by atomic mass is 9.86. The normalized spacial score (nSPS) is 13.6. The van der Waals surface area contributed by atoms with Crippen LogP contribution in [0, 0.1) is 0 Å². The van der Waals surface area contributed by atoms with Crippen LogP contribution in [0.5, 0.6) is 0 Å². The Morgan fingerprint density at radius 1 is 1.11 bits per heavy atom. The lowest BCUT2D eigenvalue weighted by Gasteiger charge is -2.22. The Kier molecular flexibility index (Phi) is 5.83. The van der Waals surface area contributed by atoms with Gasteiger partial charge in [0, 0.05) is 6.61 Å². The van der Waals surface area contributed by atoms with Gasteiger partial charge < -0.3 is 10.1 Å². The zero-order chi connectivity index (χ0) is 13.6. The van der Waals surface area contributed by atoms with Crippen molar-refractivity contribution < 1.29 is 4.74 Å². The summed E-state index contributed by atoms with van der Waals surface area (Å²) in [7, 11) is 0. The fraction of sp³-hybridized carbons (Fsp3) is 0.625. The van der Waals surface area contributed by atoms with Gasteiger partial charge in [-0.2, -0.15) is 0 Å². The summed E-state index contributed by atoms with van der Waals surface area (Å²) in [6, 6.07) is 9.18. The summed E-state index contributed by atoms with van der Waals surface area (Å²) < 4.78 is 5.54. The van der Waals surface area contributed by atoms with E-state index in [1.54, 1.807) is 0 Å². The molecule has 0 bridgehead atoms. The van der Waals surface area contributed by atoms with Crippen molar-refractivity contribution >= 4 is 0 Å². The van der Waals surface area contributed by atoms with Crippen LogP contribution in [0.1, 0.15) is 51.8 Å². The maximum Gasteiger partial charge on any atom is 0.0661 e. The van der Waals surface area contributed by atoms with Gasteiger partial charge in [-0.25, -0.2) is 0 Å². The van der Waals surface area contributed by atoms with Crippen LogP contribution in [0.25, 0.3) is 0 Å². The van der Waals surface area contributed by atoms with Crippen molar-refractivity contribution in [3.8, 4) is 0 Å². The summed E-state index contributed by atoms with van der Waals surface area (Å²) in [5.74, 6) is 0. The quantitative estimate of drug-likeness (QED) is 0.830. The van der Waals surface area contributed by atoms with E-state index in [4.69, 9.17) is 4.74 Å². The zero-order valence-electron chi connectivity index (χ0n) is 12.4. The Morgan fingerprint density at radius 2 is 1.72 bits per heavy atom. The summed E-state index contributed by atoms with van der Waals surface area (Å²) >= 11 is 0. The molecule has 0 amide bonds. The Hall–Kier alpha value is -0.860. The third kappa shape index (κ3) is 4.43. The number of ether oxygens (including phenoxy) is 1. The predicted molar refractivity (Wildman–Crippen MR) is 78.1 cm³/mol. The molecular formula is C16H27NO. The molecule has 1 N–H and O–H groups in total. The summed E-state index contributed by atoms with van der Waals surface area (Å²) in [6.07, 6.45) is 0. The van der Waals surface area contributed by atoms with Gasteiger partial charge >= 0.3 is 0 Å². The van der Waals surface area contributed by atoms with Crippen LogP contribution in [-0.2, 0) is 10.2 Å². The molecule has 0 saturated heterocycles. The third-order valence-corrected chi connectivity index (χ3v) is 3.12. The maximum absolute atomic E-state index is 5.54. The second kappa shape index (κ2) is 6.91. The van der Waals surface area contributed by atoms with Gasteiger partial charge in [-0.1, -0.05) is 52.0 Å². The van der Waals surface area contributed by atoms with Crippen LogP contribution < -0.4 is 5.32 Å². The van der Waals surface area contributed by atoms with E-state index in [1.165, 1.54) is 11.1 Å². The van der Waals surface area contributed by atoms with Gasteiger partial charge in [-0.05, 0) is 30.0 Å². The molecule has 1 rings (SSSR count). The molecule has 2 heteroatoms. The molecule has 0 aliphatic carbocycles. The first-order chi connectivity index (χ1) is 8.49. The van der Waals surface area contributed by atoms with E-state index in [0.29, 0.717) is 6.04 Å². The summed E-state index contributed by atoms with van der Waals surface area (Å²) in [5.41, 5.74) is 2.89. The maximum atomic E-state index is 5.54. The molecule has 0 radical (unpaired) electrons. The molecule has 0 aromatic heterocycles. The number of likely N-dealkylation sites (N-methyl/N-ethyl adjacent to an activating group) is 1. The van der Waals surface area contributed by atoms with E-state index in [2.05, 4.69) is 57.3 Å². The summed E-state index contributed by atoms with van der Waals surface area (Å²) in [4.78, 5) is 0. The van der Waals surface area contributed by atoms with Crippen LogP contribution in [-0.4, -0.2) is 19.8 Å². The smallest absolute Gasteiger partial charge is 0.0661 e. The SMILES string of the molecule is CCNC(COCC)c1ccc(C(C)(C)C)cc1. The molecule has 1 unspecified atom stereocenters. The van der Waals surface area contributed by atoms with Crippen LogP contribution in [0.4, 0.5) is 0 Å². The Morgan fingerprint density at radius 3 is 2.17 bits per heavy atom. The molecule has 0 heterocycles. The first-order valence-electron chi connectivity index (χ1n) is 6.90. The van der Waals surface area contributed by atoms with Crippen LogP contribution in [0.3, 0.4) is 0 Å². The molecule has 0 saturated carbocycles. The molecule has 0 aliphatic heterocycles. The van der Waals surface area contributed by atoms with Gasteiger partial charge in [0.25, 0.3) is 0 Å². The number of benzene rings is 1. The van der Waals surface area contributed by atoms with Crippen molar-refractivity contribution in [2.45, 2.75) is 46.1 Å². The topological polar surface area (TPSA) is 21.3 Å². The largest absolute Gasteiger partial charge is 0.380 e. The van der Waals surface area contributed by atoms with Gasteiger partial charge in [0.15, 0.2) is 0 Å². The highest BCUT2D eigenvalue weighted by atomic mass is 16.5. The number of hydrogen-bond donors (Lipinski definition) is 1. The van der Waals surface area contributed by atoms with E-state index in [9.17, 15) is 0 Å². The van der Waals surface area contributed by atoms with Gasteiger partial charge in [0.05, 0.1) is 12.6 Å². The molecule has 2 nitrogen and oxygen atoms in total. The molecular weight excluding hydrogens is 222 g/mol. The minimum absolute atomic E-state index is 0.214. The predicted octanol–water partition coefficient (Wildman–Crippen LogP) is 3.67. The fourth-order valence-electron chi connectivity index (χ4n) is 1.97. The zero-order valence-corrected chi connectivity index (χ0v) is 12.4. The first-order valence-corrected chi connectivity index (χ1v) is 6.90. The van der Waals surface area contributed by atoms with E-state index in [-0.39, 0.29) is 5.41 Å². The first kappa shape index (κ1) is 15.2. The van der Waals surface area contributed by atoms with Crippen molar-refractivity contribution in [3.63, 3.8) is 0 Å². The van der Waals surface area contributed by atoms with Crippen molar-refractivity contribution in [2.24, 2.45) is 0 Å². The average Bonchev–Trinajstić information content (AvgIpc) is 2.33. The van der Waals surface area contributed by atoms with E-state index >= 15 is 0 Å². The van der Waals surface area contributed by atoms with E-state index in [0.717, 1.165) is 19.8 Å². The Labute approximate surface area is 112 Å². The lowest BCUT2D eigenvalue weighted by Crippen LogP contribution is -2.25. The molecule has 0 fully saturated rings. The monoisotopic (exact) mass is 249 g/mol. The van der Waals surface area contributed by atoms with E-state index < -0.39 is 0 Å². The molecule has 0 spiro atoms. The van der Waals surface area contributed by atoms with Gasteiger partial charge in [0.2, 0.25) is 0 Å². The van der Waals surface area contributed by atoms with Gasteiger partial charge in [-0.3, -0.25) is 0 Å². The molecule has 0 aliphatic rings. The Balaban J connectivity index is 2.79. The minimum atomic E-state index is 0.214. The number of nitrogens with one attached hydrogen (secondary N) is 1. The number of rotatable bonds is 6. The standard InChI is InChI=1S/C16H27NO/c1-6-17-15(12-18-7-2)13-8-10-14(11-9-13)16(3,4)5/h8-11,15,17H,6-7,12H2,1-5H3. The average molecular weight is 249 g/mol. The molecule has 1 aromatic rings. The Bertz CT molecular complexity index is 337. The lowest BCUT2D eigenvalue weighted by molar-refractivity contribution is 0.123. The molecule has 18 heavy (non-hydrogen) atoms. The van der Waals surface area contributed by atoms with Crippen LogP contribution in [0.2, 0.25) is 0 Å².